The van der Waals surface area contributed by atoms with Crippen LogP contribution in [0, 0.1) is 0 Å². The summed E-state index contributed by atoms with van der Waals surface area (Å²) in [5.41, 5.74) is 0.996. The Morgan fingerprint density at radius 3 is 0.806 bits per heavy atom. The summed E-state index contributed by atoms with van der Waals surface area (Å²) >= 11 is 34.3. The molecule has 6 nitrogen and oxygen atoms in total. The summed E-state index contributed by atoms with van der Waals surface area (Å²) in [7, 11) is 0. The Labute approximate surface area is 288 Å². The Morgan fingerprint density at radius 1 is 0.417 bits per heavy atom. The van der Waals surface area contributed by atoms with Gasteiger partial charge in [0.1, 0.15) is 0 Å². The molecule has 4 rings (SSSR count). The van der Waals surface area contributed by atoms with Crippen molar-refractivity contribution in [1.29, 1.82) is 0 Å². The first-order valence-electron chi connectivity index (χ1n) is 9.44. The van der Waals surface area contributed by atoms with Gasteiger partial charge in [-0.25, -0.2) is 0 Å². The lowest BCUT2D eigenvalue weighted by Gasteiger charge is -2.25. The van der Waals surface area contributed by atoms with Gasteiger partial charge in [0.25, 0.3) is 23.6 Å². The first-order chi connectivity index (χ1) is 16.7. The van der Waals surface area contributed by atoms with Gasteiger partial charge in [-0.3, -0.25) is 29.0 Å². The van der Waals surface area contributed by atoms with Crippen LogP contribution in [0.5, 0.6) is 0 Å². The molecule has 0 radical (unpaired) electrons. The standard InChI is InChI=1S/C20H6Br10N2O4/c21-3(1-31-17(33)5-6(18(31)34)10(24)14(28)13(27)9(5)23)4(22)2-32-19(35)7-8(20(32)36)12(26)16(30)15(29)11(7)25/h3-4H,1-2H2. The SMILES string of the molecule is O=C1c2c(Br)c(Br)c(Br)c(Br)c2C(=O)N1CC(Br)C(Br)CN1C(=O)c2c(Br)c(Br)c(Br)c(Br)c2C1=O. The summed E-state index contributed by atoms with van der Waals surface area (Å²) < 4.78 is 4.28. The van der Waals surface area contributed by atoms with Gasteiger partial charge in [0, 0.05) is 58.5 Å². The number of carbonyl (C=O) groups is 4. The third-order valence-corrected chi connectivity index (χ3v) is 17.6. The first kappa shape index (κ1) is 30.5. The van der Waals surface area contributed by atoms with Gasteiger partial charge in [0.15, 0.2) is 0 Å². The molecule has 2 aliphatic rings. The zero-order valence-corrected chi connectivity index (χ0v) is 32.7. The van der Waals surface area contributed by atoms with E-state index in [1.807, 2.05) is 0 Å². The minimum absolute atomic E-state index is 0.00400. The average Bonchev–Trinajstić information content (AvgIpc) is 3.23. The number of hydrogen-bond donors (Lipinski definition) is 0. The molecule has 2 aromatic carbocycles. The molecule has 0 spiro atoms. The number of fused-ring (bicyclic) bond motifs is 2. The van der Waals surface area contributed by atoms with Crippen LogP contribution in [-0.2, 0) is 0 Å². The second kappa shape index (κ2) is 11.4. The average molecular weight is 1140 g/mol. The number of amides is 4. The van der Waals surface area contributed by atoms with Crippen LogP contribution in [0.1, 0.15) is 41.4 Å². The van der Waals surface area contributed by atoms with Gasteiger partial charge in [0.05, 0.1) is 22.3 Å². The van der Waals surface area contributed by atoms with E-state index in [9.17, 15) is 19.2 Å². The molecule has 2 unspecified atom stereocenters. The predicted octanol–water partition coefficient (Wildman–Crippen LogP) is 9.21. The Hall–Kier alpha value is 1.52. The lowest BCUT2D eigenvalue weighted by molar-refractivity contribution is 0.0621. The van der Waals surface area contributed by atoms with E-state index in [0.717, 1.165) is 9.80 Å². The van der Waals surface area contributed by atoms with Crippen molar-refractivity contribution in [2.75, 3.05) is 13.1 Å². The minimum Gasteiger partial charge on any atom is -0.273 e. The van der Waals surface area contributed by atoms with Crippen molar-refractivity contribution in [2.24, 2.45) is 0 Å². The van der Waals surface area contributed by atoms with Gasteiger partial charge in [0.2, 0.25) is 0 Å². The molecule has 0 aromatic heterocycles. The third kappa shape index (κ3) is 4.84. The number of alkyl halides is 2. The molecule has 36 heavy (non-hydrogen) atoms. The van der Waals surface area contributed by atoms with Crippen LogP contribution in [0.3, 0.4) is 0 Å². The maximum Gasteiger partial charge on any atom is 0.262 e. The van der Waals surface area contributed by atoms with E-state index >= 15 is 0 Å². The highest BCUT2D eigenvalue weighted by molar-refractivity contribution is 9.16. The quantitative estimate of drug-likeness (QED) is 0.130. The maximum absolute atomic E-state index is 13.2. The Bertz CT molecular complexity index is 1210. The molecule has 0 saturated carbocycles. The number of imide groups is 2. The zero-order chi connectivity index (χ0) is 27.0. The van der Waals surface area contributed by atoms with Crippen molar-refractivity contribution in [3.05, 3.63) is 58.0 Å². The lowest BCUT2D eigenvalue weighted by atomic mass is 10.1. The van der Waals surface area contributed by atoms with Crippen molar-refractivity contribution in [2.45, 2.75) is 9.65 Å². The summed E-state index contributed by atoms with van der Waals surface area (Å²) in [6.45, 7) is 0.00801. The van der Waals surface area contributed by atoms with Gasteiger partial charge < -0.3 is 0 Å². The van der Waals surface area contributed by atoms with Crippen LogP contribution < -0.4 is 0 Å². The third-order valence-electron chi connectivity index (χ3n) is 5.48. The second-order valence-corrected chi connectivity index (χ2v) is 16.2. The topological polar surface area (TPSA) is 74.8 Å². The maximum atomic E-state index is 13.2. The second-order valence-electron chi connectivity index (χ2n) is 7.49. The lowest BCUT2D eigenvalue weighted by Crippen LogP contribution is -2.43. The zero-order valence-electron chi connectivity index (χ0n) is 16.9. The molecule has 0 aliphatic carbocycles. The van der Waals surface area contributed by atoms with Crippen molar-refractivity contribution >= 4 is 183 Å². The van der Waals surface area contributed by atoms with E-state index in [2.05, 4.69) is 159 Å². The molecule has 2 aliphatic heterocycles. The molecule has 0 N–H and O–H groups in total. The van der Waals surface area contributed by atoms with Crippen LogP contribution >= 0.6 is 159 Å². The summed E-state index contributed by atoms with van der Waals surface area (Å²) in [6, 6.07) is 0. The van der Waals surface area contributed by atoms with Crippen molar-refractivity contribution < 1.29 is 19.2 Å². The monoisotopic (exact) mass is 1130 g/mol. The molecule has 2 heterocycles. The smallest absolute Gasteiger partial charge is 0.262 e. The Kier molecular flexibility index (Phi) is 9.67. The number of nitrogens with zero attached hydrogens (tertiary/aromatic N) is 2. The minimum atomic E-state index is -0.473. The molecule has 16 heteroatoms. The highest BCUT2D eigenvalue weighted by Gasteiger charge is 2.44. The van der Waals surface area contributed by atoms with Gasteiger partial charge in [-0.1, -0.05) is 31.9 Å². The highest BCUT2D eigenvalue weighted by atomic mass is 79.9. The molecule has 4 amide bonds. The van der Waals surface area contributed by atoms with E-state index in [0.29, 0.717) is 35.8 Å². The molecule has 2 aromatic rings. The van der Waals surface area contributed by atoms with E-state index < -0.39 is 33.3 Å². The highest BCUT2D eigenvalue weighted by Crippen LogP contribution is 2.47. The van der Waals surface area contributed by atoms with Crippen molar-refractivity contribution in [1.82, 2.24) is 9.80 Å². The number of benzene rings is 2. The largest absolute Gasteiger partial charge is 0.273 e. The fraction of sp³-hybridized carbons (Fsp3) is 0.200. The molecular weight excluding hydrogens is 1130 g/mol. The predicted molar refractivity (Wildman–Crippen MR) is 171 cm³/mol. The fourth-order valence-electron chi connectivity index (χ4n) is 3.70. The van der Waals surface area contributed by atoms with Crippen LogP contribution in [-0.4, -0.2) is 56.2 Å². The molecule has 2 atom stereocenters. The van der Waals surface area contributed by atoms with Crippen LogP contribution in [0.2, 0.25) is 0 Å². The summed E-state index contributed by atoms with van der Waals surface area (Å²) in [5.74, 6) is -1.82. The number of hydrogen-bond acceptors (Lipinski definition) is 4. The Morgan fingerprint density at radius 2 is 0.611 bits per heavy atom. The normalized spacial score (nSPS) is 16.7. The van der Waals surface area contributed by atoms with E-state index in [4.69, 9.17) is 0 Å². The molecular formula is C20H6Br10N2O4. The summed E-state index contributed by atoms with van der Waals surface area (Å²) in [4.78, 5) is 54.1. The summed E-state index contributed by atoms with van der Waals surface area (Å²) in [5, 5.41) is 0. The van der Waals surface area contributed by atoms with Gasteiger partial charge in [-0.2, -0.15) is 0 Å². The summed E-state index contributed by atoms with van der Waals surface area (Å²) in [6.07, 6.45) is 0. The molecule has 0 saturated heterocycles. The number of carbonyl (C=O) groups excluding carboxylic acids is 4. The van der Waals surface area contributed by atoms with Gasteiger partial charge >= 0.3 is 0 Å². The number of halogens is 10. The molecule has 0 bridgehead atoms. The van der Waals surface area contributed by atoms with Crippen LogP contribution in [0.25, 0.3) is 0 Å². The fourth-order valence-corrected chi connectivity index (χ4v) is 9.53. The Balaban J connectivity index is 1.56. The van der Waals surface area contributed by atoms with Gasteiger partial charge in [-0.05, 0) is 127 Å². The molecule has 0 fully saturated rings. The van der Waals surface area contributed by atoms with Crippen molar-refractivity contribution in [3.8, 4) is 0 Å². The van der Waals surface area contributed by atoms with Crippen molar-refractivity contribution in [3.63, 3.8) is 0 Å². The van der Waals surface area contributed by atoms with E-state index in [1.54, 1.807) is 0 Å². The van der Waals surface area contributed by atoms with Crippen LogP contribution in [0.15, 0.2) is 35.8 Å². The van der Waals surface area contributed by atoms with Gasteiger partial charge in [-0.15, -0.1) is 0 Å². The van der Waals surface area contributed by atoms with E-state index in [1.165, 1.54) is 0 Å². The first-order valence-corrected chi connectivity index (χ1v) is 17.6. The van der Waals surface area contributed by atoms with E-state index in [-0.39, 0.29) is 35.3 Å². The molecule has 190 valence electrons. The number of rotatable bonds is 5. The van der Waals surface area contributed by atoms with Crippen LogP contribution in [0.4, 0.5) is 0 Å².